The van der Waals surface area contributed by atoms with Gasteiger partial charge in [0.1, 0.15) is 11.4 Å². The monoisotopic (exact) mass is 539 g/mol. The number of benzene rings is 3. The summed E-state index contributed by atoms with van der Waals surface area (Å²) in [5.74, 6) is 0.00866. The number of carboxylic acid groups (broad SMARTS) is 1. The Balaban J connectivity index is 1.46. The third kappa shape index (κ3) is 4.16. The first-order valence-electron chi connectivity index (χ1n) is 13.1. The molecule has 0 aliphatic carbocycles. The van der Waals surface area contributed by atoms with E-state index < -0.39 is 5.97 Å². The Kier molecular flexibility index (Phi) is 5.68. The van der Waals surface area contributed by atoms with E-state index in [0.717, 1.165) is 48.9 Å². The van der Waals surface area contributed by atoms with Gasteiger partial charge in [0, 0.05) is 23.5 Å². The SMILES string of the molecule is O=C(O)c1cccc(-c2cc3c(N[C@H]4CN5CCC4CC5)c(-c4nc5ccccc5[nH]4)c(=O)[nH]c3cc2Cl)c1. The molecule has 3 saturated heterocycles. The lowest BCUT2D eigenvalue weighted by atomic mass is 9.83. The highest BCUT2D eigenvalue weighted by Gasteiger charge is 2.35. The maximum absolute atomic E-state index is 13.6. The number of para-hydroxylation sites is 2. The summed E-state index contributed by atoms with van der Waals surface area (Å²) < 4.78 is 0. The highest BCUT2D eigenvalue weighted by molar-refractivity contribution is 6.34. The van der Waals surface area contributed by atoms with E-state index in [4.69, 9.17) is 16.6 Å². The first-order chi connectivity index (χ1) is 18.9. The van der Waals surface area contributed by atoms with E-state index in [2.05, 4.69) is 20.2 Å². The van der Waals surface area contributed by atoms with Gasteiger partial charge < -0.3 is 25.3 Å². The third-order valence-electron chi connectivity index (χ3n) is 8.13. The van der Waals surface area contributed by atoms with Crippen LogP contribution in [0, 0.1) is 5.92 Å². The fraction of sp³-hybridized carbons (Fsp3) is 0.233. The summed E-state index contributed by atoms with van der Waals surface area (Å²) in [5.41, 5.74) is 4.68. The predicted molar refractivity (Wildman–Crippen MR) is 154 cm³/mol. The molecule has 3 aromatic carbocycles. The highest BCUT2D eigenvalue weighted by Crippen LogP contribution is 2.39. The quantitative estimate of drug-likeness (QED) is 0.231. The number of imidazole rings is 1. The van der Waals surface area contributed by atoms with E-state index in [1.807, 2.05) is 36.4 Å². The number of halogens is 1. The molecule has 8 nitrogen and oxygen atoms in total. The van der Waals surface area contributed by atoms with Gasteiger partial charge in [0.15, 0.2) is 0 Å². The zero-order valence-corrected chi connectivity index (χ0v) is 21.8. The lowest BCUT2D eigenvalue weighted by molar-refractivity contribution is 0.0697. The molecule has 1 atom stereocenters. The molecule has 3 aliphatic heterocycles. The molecule has 5 aromatic rings. The van der Waals surface area contributed by atoms with E-state index in [0.29, 0.717) is 44.7 Å². The first-order valence-corrected chi connectivity index (χ1v) is 13.5. The molecule has 2 bridgehead atoms. The number of aromatic carboxylic acids is 1. The second-order valence-corrected chi connectivity index (χ2v) is 10.9. The van der Waals surface area contributed by atoms with Crippen LogP contribution < -0.4 is 10.9 Å². The second kappa shape index (κ2) is 9.25. The van der Waals surface area contributed by atoms with Gasteiger partial charge in [0.05, 0.1) is 32.8 Å². The van der Waals surface area contributed by atoms with Crippen LogP contribution in [0.4, 0.5) is 5.69 Å². The van der Waals surface area contributed by atoms with Crippen LogP contribution in [-0.2, 0) is 0 Å². The number of hydrogen-bond acceptors (Lipinski definition) is 5. The summed E-state index contributed by atoms with van der Waals surface area (Å²) in [7, 11) is 0. The summed E-state index contributed by atoms with van der Waals surface area (Å²) in [6, 6.07) is 18.3. The van der Waals surface area contributed by atoms with E-state index in [1.165, 1.54) is 0 Å². The Morgan fingerprint density at radius 3 is 2.59 bits per heavy atom. The third-order valence-corrected chi connectivity index (χ3v) is 8.45. The van der Waals surface area contributed by atoms with Gasteiger partial charge in [-0.3, -0.25) is 4.79 Å². The maximum atomic E-state index is 13.6. The van der Waals surface area contributed by atoms with Crippen molar-refractivity contribution in [2.75, 3.05) is 25.0 Å². The van der Waals surface area contributed by atoms with E-state index >= 15 is 0 Å². The minimum atomic E-state index is -1.00. The van der Waals surface area contributed by atoms with E-state index in [1.54, 1.807) is 24.3 Å². The zero-order valence-electron chi connectivity index (χ0n) is 21.0. The summed E-state index contributed by atoms with van der Waals surface area (Å²) in [5, 5.41) is 14.5. The molecule has 8 rings (SSSR count). The number of nitrogens with zero attached hydrogens (tertiary/aromatic N) is 2. The average molecular weight is 540 g/mol. The molecule has 0 saturated carbocycles. The van der Waals surface area contributed by atoms with Gasteiger partial charge in [-0.05, 0) is 73.8 Å². The van der Waals surface area contributed by atoms with Gasteiger partial charge in [-0.25, -0.2) is 9.78 Å². The Morgan fingerprint density at radius 2 is 1.85 bits per heavy atom. The lowest BCUT2D eigenvalue weighted by Gasteiger charge is -2.45. The van der Waals surface area contributed by atoms with Crippen molar-refractivity contribution in [3.05, 3.63) is 81.6 Å². The van der Waals surface area contributed by atoms with Crippen LogP contribution in [0.2, 0.25) is 5.02 Å². The fourth-order valence-corrected chi connectivity index (χ4v) is 6.39. The van der Waals surface area contributed by atoms with Crippen LogP contribution in [0.25, 0.3) is 44.5 Å². The molecule has 5 heterocycles. The van der Waals surface area contributed by atoms with Gasteiger partial charge in [0.2, 0.25) is 0 Å². The number of anilines is 1. The molecule has 2 aromatic heterocycles. The molecule has 9 heteroatoms. The smallest absolute Gasteiger partial charge is 0.335 e. The van der Waals surface area contributed by atoms with Crippen molar-refractivity contribution in [1.29, 1.82) is 0 Å². The van der Waals surface area contributed by atoms with Crippen molar-refractivity contribution in [3.8, 4) is 22.5 Å². The molecule has 196 valence electrons. The van der Waals surface area contributed by atoms with Gasteiger partial charge in [-0.1, -0.05) is 35.9 Å². The highest BCUT2D eigenvalue weighted by atomic mass is 35.5. The van der Waals surface area contributed by atoms with Crippen LogP contribution in [0.3, 0.4) is 0 Å². The van der Waals surface area contributed by atoms with Crippen molar-refractivity contribution in [2.24, 2.45) is 5.92 Å². The summed E-state index contributed by atoms with van der Waals surface area (Å²) in [6.07, 6.45) is 2.25. The van der Waals surface area contributed by atoms with Crippen molar-refractivity contribution >= 4 is 45.2 Å². The topological polar surface area (TPSA) is 114 Å². The number of aromatic nitrogens is 3. The molecule has 0 amide bonds. The van der Waals surface area contributed by atoms with Crippen molar-refractivity contribution in [1.82, 2.24) is 19.9 Å². The molecule has 0 spiro atoms. The largest absolute Gasteiger partial charge is 0.478 e. The van der Waals surface area contributed by atoms with Crippen molar-refractivity contribution in [2.45, 2.75) is 18.9 Å². The number of H-pyrrole nitrogens is 2. The summed E-state index contributed by atoms with van der Waals surface area (Å²) >= 11 is 6.71. The number of fused-ring (bicyclic) bond motifs is 5. The number of carbonyl (C=O) groups is 1. The number of nitrogens with one attached hydrogen (secondary N) is 3. The van der Waals surface area contributed by atoms with Crippen LogP contribution in [0.5, 0.6) is 0 Å². The minimum absolute atomic E-state index is 0.179. The lowest BCUT2D eigenvalue weighted by Crippen LogP contribution is -2.53. The van der Waals surface area contributed by atoms with Crippen LogP contribution in [0.15, 0.2) is 65.5 Å². The van der Waals surface area contributed by atoms with E-state index in [-0.39, 0.29) is 17.2 Å². The van der Waals surface area contributed by atoms with Crippen LogP contribution in [-0.4, -0.2) is 56.6 Å². The fourth-order valence-electron chi connectivity index (χ4n) is 6.12. The summed E-state index contributed by atoms with van der Waals surface area (Å²) in [4.78, 5) is 38.9. The minimum Gasteiger partial charge on any atom is -0.478 e. The second-order valence-electron chi connectivity index (χ2n) is 10.5. The van der Waals surface area contributed by atoms with Crippen molar-refractivity contribution < 1.29 is 9.90 Å². The molecular weight excluding hydrogens is 514 g/mol. The average Bonchev–Trinajstić information content (AvgIpc) is 3.37. The van der Waals surface area contributed by atoms with E-state index in [9.17, 15) is 14.7 Å². The molecule has 0 unspecified atom stereocenters. The normalized spacial score (nSPS) is 20.5. The van der Waals surface area contributed by atoms with Gasteiger partial charge in [0.25, 0.3) is 5.56 Å². The maximum Gasteiger partial charge on any atom is 0.335 e. The van der Waals surface area contributed by atoms with Crippen LogP contribution in [0.1, 0.15) is 23.2 Å². The first kappa shape index (κ1) is 23.9. The molecule has 3 aliphatic rings. The molecule has 3 fully saturated rings. The zero-order chi connectivity index (χ0) is 26.7. The number of carboxylic acids is 1. The predicted octanol–water partition coefficient (Wildman–Crippen LogP) is 5.60. The molecular formula is C30H26ClN5O3. The molecule has 39 heavy (non-hydrogen) atoms. The number of aromatic amines is 2. The number of hydrogen-bond donors (Lipinski definition) is 4. The Labute approximate surface area is 228 Å². The standard InChI is InChI=1S/C30H26ClN5O3/c31-21-14-24-20(13-19(21)17-4-3-5-18(12-17)30(38)39)27(32-25-15-36-10-8-16(25)9-11-36)26(29(37)35-24)28-33-22-6-1-2-7-23(22)34-28/h1-7,12-14,16,25H,8-11,15H2,(H,33,34)(H,38,39)(H2,32,35,37)/t25-/m0/s1. The number of rotatable bonds is 5. The van der Waals surface area contributed by atoms with Gasteiger partial charge >= 0.3 is 5.97 Å². The molecule has 4 N–H and O–H groups in total. The molecule has 0 radical (unpaired) electrons. The number of pyridine rings is 1. The Morgan fingerprint density at radius 1 is 1.03 bits per heavy atom. The van der Waals surface area contributed by atoms with Gasteiger partial charge in [-0.15, -0.1) is 0 Å². The Hall–Kier alpha value is -4.14. The van der Waals surface area contributed by atoms with Crippen molar-refractivity contribution in [3.63, 3.8) is 0 Å². The Bertz CT molecular complexity index is 1790. The number of piperidine rings is 3. The van der Waals surface area contributed by atoms with Gasteiger partial charge in [-0.2, -0.15) is 0 Å². The summed E-state index contributed by atoms with van der Waals surface area (Å²) in [6.45, 7) is 3.13. The van der Waals surface area contributed by atoms with Crippen LogP contribution >= 0.6 is 11.6 Å².